The molecule has 0 aliphatic heterocycles. The number of hydrogen-bond donors (Lipinski definition) is 1. The lowest BCUT2D eigenvalue weighted by atomic mass is 9.95. The van der Waals surface area contributed by atoms with Crippen molar-refractivity contribution in [3.63, 3.8) is 0 Å². The number of furan rings is 1. The van der Waals surface area contributed by atoms with E-state index in [0.717, 1.165) is 33.1 Å². The number of thiophene rings is 1. The maximum Gasteiger partial charge on any atom is 0.262 e. The Kier molecular flexibility index (Phi) is 4.41. The van der Waals surface area contributed by atoms with Gasteiger partial charge in [-0.25, -0.2) is 9.97 Å². The highest BCUT2D eigenvalue weighted by atomic mass is 32.1. The summed E-state index contributed by atoms with van der Waals surface area (Å²) < 4.78 is 5.36. The normalized spacial score (nSPS) is 13.2. The molecule has 1 amide bonds. The number of carbonyl (C=O) groups is 1. The molecule has 0 aliphatic carbocycles. The van der Waals surface area contributed by atoms with Gasteiger partial charge in [0.1, 0.15) is 16.4 Å². The van der Waals surface area contributed by atoms with E-state index in [1.807, 2.05) is 32.9 Å². The van der Waals surface area contributed by atoms with Crippen LogP contribution in [0.1, 0.15) is 66.3 Å². The Balaban J connectivity index is 1.98. The van der Waals surface area contributed by atoms with Crippen molar-refractivity contribution in [2.24, 2.45) is 0 Å². The van der Waals surface area contributed by atoms with Gasteiger partial charge in [-0.2, -0.15) is 0 Å². The van der Waals surface area contributed by atoms with E-state index in [1.54, 1.807) is 6.26 Å². The lowest BCUT2D eigenvalue weighted by Gasteiger charge is -2.16. The monoisotopic (exact) mass is 357 g/mol. The Morgan fingerprint density at radius 1 is 1.28 bits per heavy atom. The highest BCUT2D eigenvalue weighted by Crippen LogP contribution is 2.33. The predicted molar refractivity (Wildman–Crippen MR) is 100 cm³/mol. The first kappa shape index (κ1) is 17.6. The van der Waals surface area contributed by atoms with Crippen molar-refractivity contribution in [3.8, 4) is 0 Å². The molecule has 1 N–H and O–H groups in total. The van der Waals surface area contributed by atoms with E-state index < -0.39 is 0 Å². The van der Waals surface area contributed by atoms with Crippen molar-refractivity contribution >= 4 is 27.5 Å². The SMILES string of the molecule is Cc1nc(C(C)(C)C)nc2sc(C(=O)NC(C)c3ccco3)c(C)c12. The summed E-state index contributed by atoms with van der Waals surface area (Å²) >= 11 is 1.42. The Hall–Kier alpha value is -2.21. The molecule has 5 nitrogen and oxygen atoms in total. The molecule has 0 fully saturated rings. The zero-order valence-corrected chi connectivity index (χ0v) is 16.2. The Morgan fingerprint density at radius 3 is 2.60 bits per heavy atom. The van der Waals surface area contributed by atoms with Gasteiger partial charge in [-0.05, 0) is 38.5 Å². The van der Waals surface area contributed by atoms with Crippen LogP contribution in [0.3, 0.4) is 0 Å². The number of aromatic nitrogens is 2. The molecule has 0 radical (unpaired) electrons. The average Bonchev–Trinajstić information content (AvgIpc) is 3.14. The first-order chi connectivity index (χ1) is 11.7. The quantitative estimate of drug-likeness (QED) is 0.738. The molecule has 3 aromatic rings. The highest BCUT2D eigenvalue weighted by Gasteiger charge is 2.24. The molecule has 3 heterocycles. The van der Waals surface area contributed by atoms with Gasteiger partial charge in [-0.1, -0.05) is 20.8 Å². The zero-order valence-electron chi connectivity index (χ0n) is 15.4. The first-order valence-electron chi connectivity index (χ1n) is 8.31. The van der Waals surface area contributed by atoms with Gasteiger partial charge in [0.25, 0.3) is 5.91 Å². The molecule has 1 atom stereocenters. The molecule has 25 heavy (non-hydrogen) atoms. The molecule has 0 saturated carbocycles. The van der Waals surface area contributed by atoms with Crippen LogP contribution in [0.2, 0.25) is 0 Å². The molecule has 3 aromatic heterocycles. The van der Waals surface area contributed by atoms with Crippen LogP contribution in [-0.4, -0.2) is 15.9 Å². The average molecular weight is 357 g/mol. The molecule has 6 heteroatoms. The van der Waals surface area contributed by atoms with Crippen LogP contribution in [-0.2, 0) is 5.41 Å². The standard InChI is InChI=1S/C19H23N3O2S/c1-10-14-12(3)21-18(19(4,5)6)22-17(14)25-15(10)16(23)20-11(2)13-8-7-9-24-13/h7-9,11H,1-6H3,(H,20,23). The topological polar surface area (TPSA) is 68.0 Å². The van der Waals surface area contributed by atoms with Crippen molar-refractivity contribution in [2.75, 3.05) is 0 Å². The van der Waals surface area contributed by atoms with E-state index in [4.69, 9.17) is 9.40 Å². The van der Waals surface area contributed by atoms with Crippen LogP contribution in [0, 0.1) is 13.8 Å². The summed E-state index contributed by atoms with van der Waals surface area (Å²) in [6, 6.07) is 3.48. The van der Waals surface area contributed by atoms with Gasteiger partial charge < -0.3 is 9.73 Å². The van der Waals surface area contributed by atoms with E-state index in [2.05, 4.69) is 31.1 Å². The van der Waals surface area contributed by atoms with Gasteiger partial charge in [0.2, 0.25) is 0 Å². The van der Waals surface area contributed by atoms with Crippen molar-refractivity contribution in [3.05, 3.63) is 46.1 Å². The van der Waals surface area contributed by atoms with Gasteiger partial charge in [-0.3, -0.25) is 4.79 Å². The van der Waals surface area contributed by atoms with Crippen LogP contribution in [0.25, 0.3) is 10.2 Å². The lowest BCUT2D eigenvalue weighted by Crippen LogP contribution is -2.26. The van der Waals surface area contributed by atoms with Gasteiger partial charge >= 0.3 is 0 Å². The molecular weight excluding hydrogens is 334 g/mol. The van der Waals surface area contributed by atoms with Gasteiger partial charge in [0.05, 0.1) is 22.9 Å². The number of carbonyl (C=O) groups excluding carboxylic acids is 1. The largest absolute Gasteiger partial charge is 0.467 e. The van der Waals surface area contributed by atoms with Crippen LogP contribution >= 0.6 is 11.3 Å². The van der Waals surface area contributed by atoms with E-state index in [1.165, 1.54) is 11.3 Å². The molecular formula is C19H23N3O2S. The van der Waals surface area contributed by atoms with Crippen LogP contribution in [0.4, 0.5) is 0 Å². The minimum atomic E-state index is -0.190. The number of rotatable bonds is 3. The summed E-state index contributed by atoms with van der Waals surface area (Å²) in [5.74, 6) is 1.42. The number of hydrogen-bond acceptors (Lipinski definition) is 5. The Bertz CT molecular complexity index is 920. The third kappa shape index (κ3) is 3.31. The van der Waals surface area contributed by atoms with Crippen LogP contribution in [0.15, 0.2) is 22.8 Å². The van der Waals surface area contributed by atoms with E-state index in [-0.39, 0.29) is 17.4 Å². The lowest BCUT2D eigenvalue weighted by molar-refractivity contribution is 0.0939. The van der Waals surface area contributed by atoms with Gasteiger partial charge in [-0.15, -0.1) is 11.3 Å². The molecule has 0 saturated heterocycles. The van der Waals surface area contributed by atoms with E-state index in [0.29, 0.717) is 4.88 Å². The van der Waals surface area contributed by atoms with Crippen LogP contribution < -0.4 is 5.32 Å². The van der Waals surface area contributed by atoms with Crippen molar-refractivity contribution in [2.45, 2.75) is 53.0 Å². The summed E-state index contributed by atoms with van der Waals surface area (Å²) in [4.78, 5) is 23.7. The summed E-state index contributed by atoms with van der Waals surface area (Å²) in [6.45, 7) is 12.1. The summed E-state index contributed by atoms with van der Waals surface area (Å²) in [6.07, 6.45) is 1.61. The fourth-order valence-corrected chi connectivity index (χ4v) is 3.90. The minimum Gasteiger partial charge on any atom is -0.467 e. The van der Waals surface area contributed by atoms with E-state index >= 15 is 0 Å². The highest BCUT2D eigenvalue weighted by molar-refractivity contribution is 7.20. The third-order valence-corrected chi connectivity index (χ3v) is 5.35. The van der Waals surface area contributed by atoms with E-state index in [9.17, 15) is 4.79 Å². The number of fused-ring (bicyclic) bond motifs is 1. The zero-order chi connectivity index (χ0) is 18.4. The Morgan fingerprint density at radius 2 is 2.00 bits per heavy atom. The predicted octanol–water partition coefficient (Wildman–Crippen LogP) is 4.69. The maximum atomic E-state index is 12.7. The smallest absolute Gasteiger partial charge is 0.262 e. The Labute approximate surface area is 151 Å². The number of aryl methyl sites for hydroxylation is 2. The summed E-state index contributed by atoms with van der Waals surface area (Å²) in [7, 11) is 0. The molecule has 132 valence electrons. The fourth-order valence-electron chi connectivity index (χ4n) is 2.76. The second kappa shape index (κ2) is 6.26. The number of nitrogens with one attached hydrogen (secondary N) is 1. The van der Waals surface area contributed by atoms with Crippen molar-refractivity contribution < 1.29 is 9.21 Å². The molecule has 0 spiro atoms. The van der Waals surface area contributed by atoms with Crippen molar-refractivity contribution in [1.82, 2.24) is 15.3 Å². The number of amides is 1. The summed E-state index contributed by atoms with van der Waals surface area (Å²) in [5.41, 5.74) is 1.72. The third-order valence-electron chi connectivity index (χ3n) is 4.17. The molecule has 0 bridgehead atoms. The van der Waals surface area contributed by atoms with Crippen LogP contribution in [0.5, 0.6) is 0 Å². The fraction of sp³-hybridized carbons (Fsp3) is 0.421. The van der Waals surface area contributed by atoms with Gasteiger partial charge in [0.15, 0.2) is 0 Å². The first-order valence-corrected chi connectivity index (χ1v) is 9.12. The molecule has 1 unspecified atom stereocenters. The summed E-state index contributed by atoms with van der Waals surface area (Å²) in [5, 5.41) is 3.97. The number of nitrogens with zero attached hydrogens (tertiary/aromatic N) is 2. The second-order valence-electron chi connectivity index (χ2n) is 7.33. The molecule has 3 rings (SSSR count). The van der Waals surface area contributed by atoms with Gasteiger partial charge in [0, 0.05) is 10.8 Å². The molecule has 0 aliphatic rings. The maximum absolute atomic E-state index is 12.7. The second-order valence-corrected chi connectivity index (χ2v) is 8.33. The minimum absolute atomic E-state index is 0.110. The van der Waals surface area contributed by atoms with Crippen molar-refractivity contribution in [1.29, 1.82) is 0 Å². The molecule has 0 aromatic carbocycles.